The van der Waals surface area contributed by atoms with Gasteiger partial charge in [0.15, 0.2) is 5.78 Å². The number of hydrogen-bond donors (Lipinski definition) is 0. The van der Waals surface area contributed by atoms with Gasteiger partial charge in [0.05, 0.1) is 7.11 Å². The standard InChI is InChI=1S/C13H16O3/c1-9-6-5-7-10(8-9)11(14)13(2,3)12(15)16-4/h5-8H,1-4H3. The molecule has 0 N–H and O–H groups in total. The Morgan fingerprint density at radius 3 is 2.38 bits per heavy atom. The third-order valence-corrected chi connectivity index (χ3v) is 2.54. The van der Waals surface area contributed by atoms with Gasteiger partial charge < -0.3 is 4.74 Å². The predicted octanol–water partition coefficient (Wildman–Crippen LogP) is 2.38. The third-order valence-electron chi connectivity index (χ3n) is 2.54. The van der Waals surface area contributed by atoms with Gasteiger partial charge in [0.1, 0.15) is 5.41 Å². The molecule has 0 aliphatic heterocycles. The lowest BCUT2D eigenvalue weighted by Gasteiger charge is -2.19. The Bertz CT molecular complexity index is 419. The van der Waals surface area contributed by atoms with Crippen LogP contribution in [0.4, 0.5) is 0 Å². The molecule has 1 rings (SSSR count). The zero-order valence-corrected chi connectivity index (χ0v) is 10.0. The van der Waals surface area contributed by atoms with Crippen molar-refractivity contribution in [3.63, 3.8) is 0 Å². The van der Waals surface area contributed by atoms with E-state index in [1.165, 1.54) is 7.11 Å². The maximum absolute atomic E-state index is 12.1. The van der Waals surface area contributed by atoms with Crippen LogP contribution in [-0.2, 0) is 9.53 Å². The molecule has 3 nitrogen and oxygen atoms in total. The highest BCUT2D eigenvalue weighted by Gasteiger charge is 2.37. The lowest BCUT2D eigenvalue weighted by atomic mass is 9.84. The van der Waals surface area contributed by atoms with Crippen LogP contribution in [0.25, 0.3) is 0 Å². The van der Waals surface area contributed by atoms with Crippen molar-refractivity contribution in [2.24, 2.45) is 5.41 Å². The molecule has 0 aliphatic rings. The molecule has 3 heteroatoms. The van der Waals surface area contributed by atoms with Gasteiger partial charge in [0.2, 0.25) is 0 Å². The Morgan fingerprint density at radius 2 is 1.88 bits per heavy atom. The Labute approximate surface area is 95.4 Å². The number of benzene rings is 1. The van der Waals surface area contributed by atoms with Crippen LogP contribution in [0.2, 0.25) is 0 Å². The molecule has 1 aromatic rings. The maximum Gasteiger partial charge on any atom is 0.319 e. The molecule has 0 aromatic heterocycles. The minimum atomic E-state index is -1.14. The number of methoxy groups -OCH3 is 1. The molecule has 0 heterocycles. The minimum Gasteiger partial charge on any atom is -0.468 e. The van der Waals surface area contributed by atoms with Gasteiger partial charge >= 0.3 is 5.97 Å². The summed E-state index contributed by atoms with van der Waals surface area (Å²) in [5.74, 6) is -0.734. The second kappa shape index (κ2) is 4.47. The first-order valence-corrected chi connectivity index (χ1v) is 5.09. The summed E-state index contributed by atoms with van der Waals surface area (Å²) in [4.78, 5) is 23.6. The summed E-state index contributed by atoms with van der Waals surface area (Å²) in [6, 6.07) is 7.19. The molecule has 0 saturated carbocycles. The van der Waals surface area contributed by atoms with E-state index in [1.807, 2.05) is 13.0 Å². The first-order chi connectivity index (χ1) is 7.39. The van der Waals surface area contributed by atoms with Crippen molar-refractivity contribution in [3.05, 3.63) is 35.4 Å². The number of aryl methyl sites for hydroxylation is 1. The Kier molecular flexibility index (Phi) is 3.48. The second-order valence-corrected chi connectivity index (χ2v) is 4.32. The molecule has 0 aliphatic carbocycles. The summed E-state index contributed by atoms with van der Waals surface area (Å²) in [5, 5.41) is 0. The molecule has 0 spiro atoms. The molecule has 0 fully saturated rings. The second-order valence-electron chi connectivity index (χ2n) is 4.32. The van der Waals surface area contributed by atoms with Gasteiger partial charge in [-0.1, -0.05) is 23.8 Å². The number of Topliss-reactive ketones (excluding diaryl/α,β-unsaturated/α-hetero) is 1. The van der Waals surface area contributed by atoms with Gasteiger partial charge in [0, 0.05) is 5.56 Å². The molecular formula is C13H16O3. The normalized spacial score (nSPS) is 11.0. The van der Waals surface area contributed by atoms with E-state index < -0.39 is 11.4 Å². The Balaban J connectivity index is 3.07. The molecule has 0 amide bonds. The van der Waals surface area contributed by atoms with E-state index in [1.54, 1.807) is 32.0 Å². The van der Waals surface area contributed by atoms with Crippen molar-refractivity contribution in [2.45, 2.75) is 20.8 Å². The van der Waals surface area contributed by atoms with Crippen molar-refractivity contribution in [3.8, 4) is 0 Å². The van der Waals surface area contributed by atoms with Crippen LogP contribution in [0.1, 0.15) is 29.8 Å². The summed E-state index contributed by atoms with van der Waals surface area (Å²) < 4.78 is 4.63. The van der Waals surface area contributed by atoms with Crippen LogP contribution in [-0.4, -0.2) is 18.9 Å². The van der Waals surface area contributed by atoms with E-state index in [0.29, 0.717) is 5.56 Å². The summed E-state index contributed by atoms with van der Waals surface area (Å²) in [7, 11) is 1.29. The van der Waals surface area contributed by atoms with Crippen molar-refractivity contribution < 1.29 is 14.3 Å². The van der Waals surface area contributed by atoms with Crippen molar-refractivity contribution in [1.82, 2.24) is 0 Å². The van der Waals surface area contributed by atoms with Gasteiger partial charge in [-0.15, -0.1) is 0 Å². The number of carbonyl (C=O) groups is 2. The predicted molar refractivity (Wildman–Crippen MR) is 61.3 cm³/mol. The minimum absolute atomic E-state index is 0.219. The monoisotopic (exact) mass is 220 g/mol. The van der Waals surface area contributed by atoms with Gasteiger partial charge in [-0.3, -0.25) is 9.59 Å². The van der Waals surface area contributed by atoms with Crippen LogP contribution in [0, 0.1) is 12.3 Å². The van der Waals surface area contributed by atoms with E-state index in [9.17, 15) is 9.59 Å². The highest BCUT2D eigenvalue weighted by atomic mass is 16.5. The Morgan fingerprint density at radius 1 is 1.25 bits per heavy atom. The number of esters is 1. The van der Waals surface area contributed by atoms with Gasteiger partial charge in [0.25, 0.3) is 0 Å². The van der Waals surface area contributed by atoms with Gasteiger partial charge in [-0.25, -0.2) is 0 Å². The maximum atomic E-state index is 12.1. The number of ether oxygens (including phenoxy) is 1. The summed E-state index contributed by atoms with van der Waals surface area (Å²) in [6.45, 7) is 5.05. The number of rotatable bonds is 3. The fraction of sp³-hybridized carbons (Fsp3) is 0.385. The molecule has 0 saturated heterocycles. The summed E-state index contributed by atoms with van der Waals surface area (Å²) in [5.41, 5.74) is 0.393. The van der Waals surface area contributed by atoms with Crippen LogP contribution in [0.5, 0.6) is 0 Å². The molecule has 0 atom stereocenters. The van der Waals surface area contributed by atoms with Crippen LogP contribution >= 0.6 is 0 Å². The number of ketones is 1. The largest absolute Gasteiger partial charge is 0.468 e. The molecule has 86 valence electrons. The number of hydrogen-bond acceptors (Lipinski definition) is 3. The lowest BCUT2D eigenvalue weighted by molar-refractivity contribution is -0.147. The molecule has 0 radical (unpaired) electrons. The molecule has 0 unspecified atom stereocenters. The topological polar surface area (TPSA) is 43.4 Å². The fourth-order valence-electron chi connectivity index (χ4n) is 1.49. The van der Waals surface area contributed by atoms with Gasteiger partial charge in [-0.2, -0.15) is 0 Å². The van der Waals surface area contributed by atoms with E-state index in [0.717, 1.165) is 5.56 Å². The number of carbonyl (C=O) groups excluding carboxylic acids is 2. The molecular weight excluding hydrogens is 204 g/mol. The van der Waals surface area contributed by atoms with Crippen LogP contribution in [0.15, 0.2) is 24.3 Å². The van der Waals surface area contributed by atoms with E-state index in [2.05, 4.69) is 4.74 Å². The van der Waals surface area contributed by atoms with E-state index in [4.69, 9.17) is 0 Å². The average molecular weight is 220 g/mol. The van der Waals surface area contributed by atoms with Crippen molar-refractivity contribution in [1.29, 1.82) is 0 Å². The molecule has 16 heavy (non-hydrogen) atoms. The Hall–Kier alpha value is -1.64. The fourth-order valence-corrected chi connectivity index (χ4v) is 1.49. The molecule has 1 aromatic carbocycles. The lowest BCUT2D eigenvalue weighted by Crippen LogP contribution is -2.34. The molecule has 0 bridgehead atoms. The van der Waals surface area contributed by atoms with Crippen LogP contribution in [0.3, 0.4) is 0 Å². The summed E-state index contributed by atoms with van der Waals surface area (Å²) >= 11 is 0. The van der Waals surface area contributed by atoms with Crippen LogP contribution < -0.4 is 0 Å². The van der Waals surface area contributed by atoms with E-state index in [-0.39, 0.29) is 5.78 Å². The van der Waals surface area contributed by atoms with Crippen molar-refractivity contribution in [2.75, 3.05) is 7.11 Å². The zero-order valence-electron chi connectivity index (χ0n) is 10.0. The summed E-state index contributed by atoms with van der Waals surface area (Å²) in [6.07, 6.45) is 0. The SMILES string of the molecule is COC(=O)C(C)(C)C(=O)c1cccc(C)c1. The highest BCUT2D eigenvalue weighted by molar-refractivity contribution is 6.11. The van der Waals surface area contributed by atoms with Crippen molar-refractivity contribution >= 4 is 11.8 Å². The quantitative estimate of drug-likeness (QED) is 0.446. The average Bonchev–Trinajstić information content (AvgIpc) is 2.26. The zero-order chi connectivity index (χ0) is 12.3. The highest BCUT2D eigenvalue weighted by Crippen LogP contribution is 2.23. The van der Waals surface area contributed by atoms with E-state index >= 15 is 0 Å². The smallest absolute Gasteiger partial charge is 0.319 e. The third kappa shape index (κ3) is 2.30. The van der Waals surface area contributed by atoms with Gasteiger partial charge in [-0.05, 0) is 26.8 Å². The first-order valence-electron chi connectivity index (χ1n) is 5.09. The first kappa shape index (κ1) is 12.4.